The maximum absolute atomic E-state index is 13.1. The number of unbranched alkanes of at least 4 members (excludes halogenated alkanes) is 1. The zero-order valence-corrected chi connectivity index (χ0v) is 93.9. The van der Waals surface area contributed by atoms with Crippen molar-refractivity contribution < 1.29 is 45.5 Å². The summed E-state index contributed by atoms with van der Waals surface area (Å²) in [5.41, 5.74) is 37.5. The molecule has 0 saturated heterocycles. The molecule has 0 amide bonds. The number of rotatable bonds is 36. The molecule has 0 atom stereocenters. The number of aliphatic hydroxyl groups is 2. The van der Waals surface area contributed by atoms with Gasteiger partial charge in [0.05, 0.1) is 33.2 Å². The van der Waals surface area contributed by atoms with E-state index in [0.29, 0.717) is 84.2 Å². The van der Waals surface area contributed by atoms with E-state index in [1.807, 2.05) is 60.7 Å². The van der Waals surface area contributed by atoms with Crippen molar-refractivity contribution in [3.63, 3.8) is 0 Å². The zero-order valence-electron chi connectivity index (χ0n) is 88.6. The molecule has 6 nitrogen and oxygen atoms in total. The molecule has 4 heterocycles. The second-order valence-corrected chi connectivity index (χ2v) is 46.2. The second-order valence-electron chi connectivity index (χ2n) is 44.5. The van der Waals surface area contributed by atoms with Gasteiger partial charge in [0, 0.05) is 94.2 Å². The molecule has 0 bridgehead atoms. The summed E-state index contributed by atoms with van der Waals surface area (Å²) in [6.07, 6.45) is 10.8. The van der Waals surface area contributed by atoms with Gasteiger partial charge in [0.2, 0.25) is 0 Å². The summed E-state index contributed by atoms with van der Waals surface area (Å²) in [7, 11) is 0. The van der Waals surface area contributed by atoms with Crippen LogP contribution in [0.25, 0.3) is 120 Å². The Hall–Kier alpha value is -10.5. The van der Waals surface area contributed by atoms with Crippen LogP contribution in [0.5, 0.6) is 23.0 Å². The van der Waals surface area contributed by atoms with Crippen LogP contribution in [0, 0.1) is 67.1 Å². The van der Waals surface area contributed by atoms with E-state index in [1.165, 1.54) is 133 Å². The van der Waals surface area contributed by atoms with E-state index in [-0.39, 0.29) is 37.3 Å². The van der Waals surface area contributed by atoms with Crippen molar-refractivity contribution in [1.29, 1.82) is 0 Å². The van der Waals surface area contributed by atoms with Crippen LogP contribution in [-0.4, -0.2) is 42.0 Å². The van der Waals surface area contributed by atoms with Crippen LogP contribution in [0.1, 0.15) is 275 Å². The van der Waals surface area contributed by atoms with Crippen LogP contribution < -0.4 is 0 Å². The Bertz CT molecular complexity index is 6770. The number of aromatic hydroxyl groups is 4. The predicted octanol–water partition coefficient (Wildman–Crippen LogP) is 37.3. The molecule has 4 aromatic heterocycles. The van der Waals surface area contributed by atoms with Crippen LogP contribution in [-0.2, 0) is 83.6 Å². The standard InChI is InChI=1S/C117H142N2O4S2.2C7H7.Hf/c1-68(2)45-80-54-88(48-71(7)8)110(89(55-80)49-72(9)10)83-35-39-104-98(62-83)100-64-85(112-90(50-73(11)12)56-81(46-69(3)4)58-96(112)78(21)22)37-41-106(100)118(104)116-114(120)102(66-124-116)94-31-25-27-33-108(94)122-43-29-30-44-123-109-34-28-26-32-95(109)103-67-125-117(115(103)121)119-105-40-36-84(111-92(52-75(15)16)60-87(77(19)20)61-93(111)53-76(17)18)63-99(105)101-65-86(38-42-107(101)119)113-91(51-74(13)14)57-82(47-70(5)6)59-97(113)79(23)24;2*1-7-5-3-2-4-6-7;/h25-28,31-42,54-79,120-121H,29-30,43-53H2,1-24H3;2*2-6H,1H2;/q;2*-1;/p+2. The van der Waals surface area contributed by atoms with Gasteiger partial charge in [-0.3, -0.25) is 9.13 Å². The molecule has 0 spiro atoms. The zero-order chi connectivity index (χ0) is 99.5. The molecule has 16 rings (SSSR count). The Morgan fingerprint density at radius 3 is 0.814 bits per heavy atom. The molecule has 0 unspecified atom stereocenters. The molecule has 12 aromatic carbocycles. The fourth-order valence-corrected chi connectivity index (χ4v) is 23.0. The topological polar surface area (TPSA) is 75.9 Å². The number of aromatic nitrogens is 2. The third-order valence-corrected chi connectivity index (χ3v) is 28.6. The molecular formula is C131H158HfN2O4S2. The van der Waals surface area contributed by atoms with Crippen molar-refractivity contribution in [2.75, 3.05) is 13.2 Å². The van der Waals surface area contributed by atoms with E-state index in [2.05, 4.69) is 370 Å². The van der Waals surface area contributed by atoms with E-state index in [1.54, 1.807) is 22.7 Å². The van der Waals surface area contributed by atoms with Crippen LogP contribution in [0.4, 0.5) is 0 Å². The van der Waals surface area contributed by atoms with Gasteiger partial charge in [0.25, 0.3) is 11.5 Å². The van der Waals surface area contributed by atoms with Gasteiger partial charge in [-0.05, 0) is 301 Å². The Kier molecular flexibility index (Phi) is 36.6. The summed E-state index contributed by atoms with van der Waals surface area (Å²) in [5.74, 6) is 7.94. The van der Waals surface area contributed by atoms with Gasteiger partial charge in [0.15, 0.2) is 24.7 Å². The number of fused-ring (bicyclic) bond motifs is 6. The molecule has 0 aliphatic carbocycles. The minimum atomic E-state index is 0. The molecule has 0 saturated carbocycles. The largest absolute Gasteiger partial charge is 0.582 e. The molecule has 16 aromatic rings. The number of thiophene rings is 2. The van der Waals surface area contributed by atoms with Crippen LogP contribution in [0.15, 0.2) is 241 Å². The first-order chi connectivity index (χ1) is 66.5. The third-order valence-electron chi connectivity index (χ3n) is 26.7. The summed E-state index contributed by atoms with van der Waals surface area (Å²) < 4.78 is 15.3. The summed E-state index contributed by atoms with van der Waals surface area (Å²) >= 11 is 3.20. The van der Waals surface area contributed by atoms with Crippen molar-refractivity contribution >= 4 is 66.3 Å². The monoisotopic (exact) mass is 2070 g/mol. The molecule has 4 N–H and O–H groups in total. The second kappa shape index (κ2) is 48.0. The first kappa shape index (κ1) is 107. The number of benzene rings is 12. The SMILES string of the molecule is CC(C)Cc1cc(CC(C)C)c(-c2ccc3c(c2)c2cc(-c4c(CC(C)C)cc(CC(C)C)cc4C(C)C)ccc2n3-c2scc(-c3ccccc3[OH+]CCCC[OH+]c3ccccc3-c3csc(-n4c5ccc(-c6c(CC(C)C)cc(C(C)C)cc6CC(C)C)cc5c5cc(-c6c(CC(C)C)cc(CC(C)C)cc6C(C)C)ccc54)c3O)c2O)c(CC(C)C)c1.[CH2-]c1ccccc1.[CH2-]c1ccccc1.[Hf]. The van der Waals surface area contributed by atoms with E-state index >= 15 is 0 Å². The third kappa shape index (κ3) is 25.5. The van der Waals surface area contributed by atoms with Gasteiger partial charge in [-0.2, -0.15) is 49.2 Å². The van der Waals surface area contributed by atoms with Crippen LogP contribution in [0.2, 0.25) is 0 Å². The minimum Gasteiger partial charge on any atom is -0.582 e. The Morgan fingerprint density at radius 2 is 0.543 bits per heavy atom. The predicted molar refractivity (Wildman–Crippen MR) is 607 cm³/mol. The maximum atomic E-state index is 13.1. The van der Waals surface area contributed by atoms with E-state index in [4.69, 9.17) is 9.47 Å². The molecule has 9 heteroatoms. The molecular weight excluding hydrogens is 1910 g/mol. The van der Waals surface area contributed by atoms with Gasteiger partial charge < -0.3 is 19.7 Å². The molecule has 0 fully saturated rings. The Labute approximate surface area is 867 Å². The summed E-state index contributed by atoms with van der Waals surface area (Å²) in [6, 6.07) is 85.3. The molecule has 0 aliphatic rings. The van der Waals surface area contributed by atoms with Crippen molar-refractivity contribution in [3.05, 3.63) is 333 Å². The quantitative estimate of drug-likeness (QED) is 0.0178. The fourth-order valence-electron chi connectivity index (χ4n) is 21.0. The minimum absolute atomic E-state index is 0. The number of nitrogens with zero attached hydrogens (tertiary/aromatic N) is 2. The summed E-state index contributed by atoms with van der Waals surface area (Å²) in [5, 5.41) is 36.7. The molecule has 732 valence electrons. The van der Waals surface area contributed by atoms with E-state index in [9.17, 15) is 10.2 Å². The Balaban J connectivity index is 0.00000101. The normalized spacial score (nSPS) is 11.9. The van der Waals surface area contributed by atoms with Gasteiger partial charge in [-0.15, -0.1) is 46.9 Å². The van der Waals surface area contributed by atoms with Crippen molar-refractivity contribution in [2.24, 2.45) is 53.3 Å². The van der Waals surface area contributed by atoms with Gasteiger partial charge in [0.1, 0.15) is 10.0 Å². The first-order valence-electron chi connectivity index (χ1n) is 52.2. The number of hydrogen-bond donors (Lipinski definition) is 2. The molecule has 0 aliphatic heterocycles. The van der Waals surface area contributed by atoms with E-state index in [0.717, 1.165) is 148 Å². The smallest absolute Gasteiger partial charge is 0.262 e. The first-order valence-corrected chi connectivity index (χ1v) is 53.9. The number of para-hydroxylation sites is 2. The molecule has 0 radical (unpaired) electrons. The van der Waals surface area contributed by atoms with E-state index < -0.39 is 0 Å². The maximum Gasteiger partial charge on any atom is 0.262 e. The van der Waals surface area contributed by atoms with Gasteiger partial charge in [-0.1, -0.05) is 275 Å². The van der Waals surface area contributed by atoms with Crippen molar-refractivity contribution in [3.8, 4) is 99.8 Å². The van der Waals surface area contributed by atoms with Crippen LogP contribution >= 0.6 is 22.7 Å². The number of ether oxygens (including phenoxy) is 2. The van der Waals surface area contributed by atoms with Gasteiger partial charge in [-0.25, -0.2) is 0 Å². The average Bonchev–Trinajstić information content (AvgIpc) is 1.57. The molecule has 140 heavy (non-hydrogen) atoms. The van der Waals surface area contributed by atoms with Crippen molar-refractivity contribution in [1.82, 2.24) is 9.13 Å². The Morgan fingerprint density at radius 1 is 0.279 bits per heavy atom. The summed E-state index contributed by atoms with van der Waals surface area (Å²) in [6.45, 7) is 65.0. The van der Waals surface area contributed by atoms with Crippen molar-refractivity contribution in [2.45, 2.75) is 255 Å². The fraction of sp³-hybridized carbons (Fsp3) is 0.374. The van der Waals surface area contributed by atoms with Crippen LogP contribution in [0.3, 0.4) is 0 Å². The summed E-state index contributed by atoms with van der Waals surface area (Å²) in [4.78, 5) is 0. The van der Waals surface area contributed by atoms with Gasteiger partial charge >= 0.3 is 0 Å². The number of hydrogen-bond acceptors (Lipinski definition) is 4. The average molecular weight is 2070 g/mol.